The topological polar surface area (TPSA) is 35.2 Å². The molecular weight excluding hydrogens is 267 g/mol. The molecule has 0 aliphatic carbocycles. The van der Waals surface area contributed by atoms with Crippen LogP contribution in [0.1, 0.15) is 11.1 Å². The lowest BCUT2D eigenvalue weighted by molar-refractivity contribution is 0.289. The first-order valence-corrected chi connectivity index (χ1v) is 6.15. The smallest absolute Gasteiger partial charge is 0.165 e. The fourth-order valence-corrected chi connectivity index (χ4v) is 1.84. The molecule has 0 fully saturated rings. The maximum Gasteiger partial charge on any atom is 0.165 e. The fraction of sp³-hybridized carbons (Fsp3) is 0.200. The average molecular weight is 281 g/mol. The predicted molar refractivity (Wildman–Crippen MR) is 69.8 cm³/mol. The molecule has 2 nitrogen and oxygen atoms in total. The third-order valence-electron chi connectivity index (χ3n) is 2.75. The molecule has 0 aliphatic heterocycles. The average Bonchev–Trinajstić information content (AvgIpc) is 2.37. The van der Waals surface area contributed by atoms with Gasteiger partial charge in [-0.1, -0.05) is 6.07 Å². The summed E-state index contributed by atoms with van der Waals surface area (Å²) in [6.07, 6.45) is 0.576. The minimum absolute atomic E-state index is 0.0374. The van der Waals surface area contributed by atoms with E-state index in [1.54, 1.807) is 6.07 Å². The second kappa shape index (κ2) is 6.43. The highest BCUT2D eigenvalue weighted by atomic mass is 19.1. The molecule has 0 heterocycles. The first kappa shape index (κ1) is 14.4. The molecular formula is C15H14F3NO. The summed E-state index contributed by atoms with van der Waals surface area (Å²) in [6.45, 7) is 0.323. The van der Waals surface area contributed by atoms with Crippen LogP contribution in [0.5, 0.6) is 5.75 Å². The normalized spacial score (nSPS) is 10.6. The summed E-state index contributed by atoms with van der Waals surface area (Å²) in [5, 5.41) is 0. The molecule has 0 aliphatic rings. The van der Waals surface area contributed by atoms with Crippen LogP contribution in [-0.2, 0) is 13.0 Å². The van der Waals surface area contributed by atoms with Gasteiger partial charge in [-0.25, -0.2) is 13.2 Å². The van der Waals surface area contributed by atoms with E-state index in [-0.39, 0.29) is 12.4 Å². The highest BCUT2D eigenvalue weighted by Gasteiger charge is 2.06. The van der Waals surface area contributed by atoms with Crippen LogP contribution >= 0.6 is 0 Å². The number of hydrogen-bond donors (Lipinski definition) is 1. The van der Waals surface area contributed by atoms with Crippen molar-refractivity contribution >= 4 is 0 Å². The minimum Gasteiger partial charge on any atom is -0.486 e. The van der Waals surface area contributed by atoms with Crippen LogP contribution in [0.2, 0.25) is 0 Å². The number of hydrogen-bond acceptors (Lipinski definition) is 2. The lowest BCUT2D eigenvalue weighted by Gasteiger charge is -2.09. The van der Waals surface area contributed by atoms with Gasteiger partial charge >= 0.3 is 0 Å². The third kappa shape index (κ3) is 3.74. The number of ether oxygens (including phenoxy) is 1. The van der Waals surface area contributed by atoms with E-state index in [0.29, 0.717) is 18.5 Å². The first-order valence-electron chi connectivity index (χ1n) is 6.15. The van der Waals surface area contributed by atoms with Gasteiger partial charge in [0.15, 0.2) is 11.6 Å². The van der Waals surface area contributed by atoms with Crippen molar-refractivity contribution in [2.75, 3.05) is 6.54 Å². The van der Waals surface area contributed by atoms with Gasteiger partial charge in [0, 0.05) is 6.07 Å². The number of halogens is 3. The van der Waals surface area contributed by atoms with Crippen molar-refractivity contribution in [3.63, 3.8) is 0 Å². The molecule has 0 amide bonds. The summed E-state index contributed by atoms with van der Waals surface area (Å²) in [4.78, 5) is 0. The molecule has 0 unspecified atom stereocenters. The largest absolute Gasteiger partial charge is 0.486 e. The maximum atomic E-state index is 13.7. The molecule has 5 heteroatoms. The van der Waals surface area contributed by atoms with Crippen molar-refractivity contribution in [2.45, 2.75) is 13.0 Å². The van der Waals surface area contributed by atoms with E-state index in [9.17, 15) is 13.2 Å². The van der Waals surface area contributed by atoms with Crippen molar-refractivity contribution in [2.24, 2.45) is 5.73 Å². The van der Waals surface area contributed by atoms with Crippen LogP contribution in [-0.4, -0.2) is 6.54 Å². The van der Waals surface area contributed by atoms with Crippen LogP contribution in [0.25, 0.3) is 0 Å². The van der Waals surface area contributed by atoms with Gasteiger partial charge in [0.25, 0.3) is 0 Å². The second-order valence-electron chi connectivity index (χ2n) is 4.37. The summed E-state index contributed by atoms with van der Waals surface area (Å²) in [7, 11) is 0. The summed E-state index contributed by atoms with van der Waals surface area (Å²) in [6, 6.07) is 7.58. The van der Waals surface area contributed by atoms with Crippen molar-refractivity contribution in [3.8, 4) is 5.75 Å². The van der Waals surface area contributed by atoms with Gasteiger partial charge in [-0.2, -0.15) is 0 Å². The van der Waals surface area contributed by atoms with E-state index in [1.165, 1.54) is 12.1 Å². The van der Waals surface area contributed by atoms with Crippen LogP contribution in [0.4, 0.5) is 13.2 Å². The molecule has 0 radical (unpaired) electrons. The van der Waals surface area contributed by atoms with Gasteiger partial charge in [0.2, 0.25) is 0 Å². The van der Waals surface area contributed by atoms with E-state index in [1.807, 2.05) is 0 Å². The highest BCUT2D eigenvalue weighted by molar-refractivity contribution is 5.30. The van der Waals surface area contributed by atoms with E-state index in [0.717, 1.165) is 23.8 Å². The monoisotopic (exact) mass is 281 g/mol. The molecule has 2 aromatic carbocycles. The zero-order chi connectivity index (χ0) is 14.5. The van der Waals surface area contributed by atoms with Crippen molar-refractivity contribution in [3.05, 3.63) is 65.0 Å². The van der Waals surface area contributed by atoms with Gasteiger partial charge in [-0.3, -0.25) is 0 Å². The van der Waals surface area contributed by atoms with Crippen LogP contribution in [0, 0.1) is 17.5 Å². The molecule has 20 heavy (non-hydrogen) atoms. The van der Waals surface area contributed by atoms with Gasteiger partial charge < -0.3 is 10.5 Å². The van der Waals surface area contributed by atoms with E-state index < -0.39 is 17.5 Å². The van der Waals surface area contributed by atoms with Gasteiger partial charge in [-0.15, -0.1) is 0 Å². The Balaban J connectivity index is 2.06. The Morgan fingerprint density at radius 3 is 2.20 bits per heavy atom. The lowest BCUT2D eigenvalue weighted by Crippen LogP contribution is -2.04. The van der Waals surface area contributed by atoms with Crippen molar-refractivity contribution in [1.82, 2.24) is 0 Å². The molecule has 0 bridgehead atoms. The van der Waals surface area contributed by atoms with Gasteiger partial charge in [-0.05, 0) is 48.4 Å². The molecule has 0 saturated heterocycles. The Bertz CT molecular complexity index is 581. The molecule has 0 aromatic heterocycles. The zero-order valence-electron chi connectivity index (χ0n) is 10.7. The summed E-state index contributed by atoms with van der Waals surface area (Å²) in [5.41, 5.74) is 6.46. The maximum absolute atomic E-state index is 13.7. The molecule has 0 saturated carbocycles. The number of nitrogens with two attached hydrogens (primary N) is 1. The fourth-order valence-electron chi connectivity index (χ4n) is 1.84. The van der Waals surface area contributed by atoms with E-state index >= 15 is 0 Å². The second-order valence-corrected chi connectivity index (χ2v) is 4.37. The number of benzene rings is 2. The summed E-state index contributed by atoms with van der Waals surface area (Å²) >= 11 is 0. The Labute approximate surface area is 115 Å². The molecule has 0 atom stereocenters. The molecule has 2 rings (SSSR count). The summed E-state index contributed by atoms with van der Waals surface area (Å²) in [5.74, 6) is -1.87. The van der Waals surface area contributed by atoms with Gasteiger partial charge in [0.05, 0.1) is 0 Å². The highest BCUT2D eigenvalue weighted by Crippen LogP contribution is 2.20. The zero-order valence-corrected chi connectivity index (χ0v) is 10.7. The predicted octanol–water partition coefficient (Wildman–Crippen LogP) is 3.18. The Morgan fingerprint density at radius 2 is 1.60 bits per heavy atom. The quantitative estimate of drug-likeness (QED) is 0.913. The van der Waals surface area contributed by atoms with E-state index in [4.69, 9.17) is 10.5 Å². The van der Waals surface area contributed by atoms with Crippen LogP contribution in [0.15, 0.2) is 36.4 Å². The minimum atomic E-state index is -0.692. The molecule has 0 spiro atoms. The molecule has 2 N–H and O–H groups in total. The van der Waals surface area contributed by atoms with Crippen molar-refractivity contribution in [1.29, 1.82) is 0 Å². The summed E-state index contributed by atoms with van der Waals surface area (Å²) < 4.78 is 44.9. The SMILES string of the molecule is NCCc1ccc(OCc2cc(F)cc(F)c2)c(F)c1. The van der Waals surface area contributed by atoms with E-state index in [2.05, 4.69) is 0 Å². The Hall–Kier alpha value is -2.01. The van der Waals surface area contributed by atoms with Crippen molar-refractivity contribution < 1.29 is 17.9 Å². The third-order valence-corrected chi connectivity index (χ3v) is 2.75. The van der Waals surface area contributed by atoms with Crippen LogP contribution < -0.4 is 10.5 Å². The molecule has 2 aromatic rings. The van der Waals surface area contributed by atoms with Crippen LogP contribution in [0.3, 0.4) is 0 Å². The van der Waals surface area contributed by atoms with Gasteiger partial charge in [0.1, 0.15) is 18.2 Å². The number of rotatable bonds is 5. The Kier molecular flexibility index (Phi) is 4.63. The first-order chi connectivity index (χ1) is 9.58. The molecule has 106 valence electrons. The standard InChI is InChI=1S/C15H14F3NO/c16-12-5-11(6-13(17)8-12)9-20-15-2-1-10(3-4-19)7-14(15)18/h1-2,5-8H,3-4,9,19H2. The lowest BCUT2D eigenvalue weighted by atomic mass is 10.1. The Morgan fingerprint density at radius 1 is 0.900 bits per heavy atom.